The molecule has 0 aliphatic carbocycles. The molecule has 24 heavy (non-hydrogen) atoms. The first kappa shape index (κ1) is 16.0. The summed E-state index contributed by atoms with van der Waals surface area (Å²) in [6.45, 7) is 6.06. The minimum Gasteiger partial charge on any atom is -0.322 e. The van der Waals surface area contributed by atoms with E-state index in [0.29, 0.717) is 11.3 Å². The molecule has 0 atom stereocenters. The first-order valence-corrected chi connectivity index (χ1v) is 7.99. The van der Waals surface area contributed by atoms with Crippen molar-refractivity contribution in [2.24, 2.45) is 0 Å². The van der Waals surface area contributed by atoms with Gasteiger partial charge in [0.25, 0.3) is 5.91 Å². The van der Waals surface area contributed by atoms with Gasteiger partial charge in [-0.15, -0.1) is 0 Å². The highest BCUT2D eigenvalue weighted by molar-refractivity contribution is 6.05. The minimum absolute atomic E-state index is 0.131. The number of nitrogens with one attached hydrogen (secondary N) is 2. The van der Waals surface area contributed by atoms with Gasteiger partial charge in [-0.3, -0.25) is 9.59 Å². The summed E-state index contributed by atoms with van der Waals surface area (Å²) < 4.78 is 0. The lowest BCUT2D eigenvalue weighted by atomic mass is 9.99. The SMILES string of the molecule is Cc1cccc(C(=O)Nc2ccc3c(C(C)C)cc(=O)[nH]c3c2)c1. The van der Waals surface area contributed by atoms with Crippen LogP contribution in [0.15, 0.2) is 53.3 Å². The Kier molecular flexibility index (Phi) is 4.21. The van der Waals surface area contributed by atoms with Crippen LogP contribution in [0.5, 0.6) is 0 Å². The van der Waals surface area contributed by atoms with Crippen LogP contribution in [0.4, 0.5) is 5.69 Å². The van der Waals surface area contributed by atoms with E-state index in [2.05, 4.69) is 24.1 Å². The van der Waals surface area contributed by atoms with Gasteiger partial charge < -0.3 is 10.3 Å². The number of carbonyl (C=O) groups is 1. The zero-order valence-electron chi connectivity index (χ0n) is 14.0. The van der Waals surface area contributed by atoms with Crippen molar-refractivity contribution in [3.8, 4) is 0 Å². The fourth-order valence-corrected chi connectivity index (χ4v) is 2.83. The van der Waals surface area contributed by atoms with Crippen LogP contribution in [0.25, 0.3) is 10.9 Å². The number of rotatable bonds is 3. The average molecular weight is 320 g/mol. The Hall–Kier alpha value is -2.88. The second kappa shape index (κ2) is 6.32. The van der Waals surface area contributed by atoms with E-state index in [1.54, 1.807) is 18.2 Å². The number of hydrogen-bond donors (Lipinski definition) is 2. The predicted octanol–water partition coefficient (Wildman–Crippen LogP) is 4.21. The largest absolute Gasteiger partial charge is 0.322 e. The fraction of sp³-hybridized carbons (Fsp3) is 0.200. The predicted molar refractivity (Wildman–Crippen MR) is 97.8 cm³/mol. The number of aromatic nitrogens is 1. The van der Waals surface area contributed by atoms with Gasteiger partial charge >= 0.3 is 0 Å². The summed E-state index contributed by atoms with van der Waals surface area (Å²) in [6, 6.07) is 14.7. The van der Waals surface area contributed by atoms with E-state index < -0.39 is 0 Å². The Bertz CT molecular complexity index is 971. The van der Waals surface area contributed by atoms with Gasteiger partial charge in [0.05, 0.1) is 5.52 Å². The fourth-order valence-electron chi connectivity index (χ4n) is 2.83. The number of benzene rings is 2. The van der Waals surface area contributed by atoms with Gasteiger partial charge in [0, 0.05) is 22.7 Å². The number of H-pyrrole nitrogens is 1. The summed E-state index contributed by atoms with van der Waals surface area (Å²) >= 11 is 0. The number of carbonyl (C=O) groups excluding carboxylic acids is 1. The molecule has 1 aromatic heterocycles. The minimum atomic E-state index is -0.166. The van der Waals surface area contributed by atoms with Crippen LogP contribution in [-0.4, -0.2) is 10.9 Å². The highest BCUT2D eigenvalue weighted by Crippen LogP contribution is 2.25. The van der Waals surface area contributed by atoms with Crippen molar-refractivity contribution in [3.63, 3.8) is 0 Å². The Morgan fingerprint density at radius 1 is 1.08 bits per heavy atom. The van der Waals surface area contributed by atoms with Crippen LogP contribution in [-0.2, 0) is 0 Å². The molecule has 0 aliphatic heterocycles. The lowest BCUT2D eigenvalue weighted by Crippen LogP contribution is -2.12. The van der Waals surface area contributed by atoms with Crippen molar-refractivity contribution in [3.05, 3.63) is 75.6 Å². The second-order valence-electron chi connectivity index (χ2n) is 6.33. The number of hydrogen-bond acceptors (Lipinski definition) is 2. The van der Waals surface area contributed by atoms with Gasteiger partial charge in [-0.25, -0.2) is 0 Å². The normalized spacial score (nSPS) is 11.0. The molecular formula is C20H20N2O2. The summed E-state index contributed by atoms with van der Waals surface area (Å²) in [4.78, 5) is 27.1. The maximum atomic E-state index is 12.4. The summed E-state index contributed by atoms with van der Waals surface area (Å²) in [6.07, 6.45) is 0. The van der Waals surface area contributed by atoms with Crippen LogP contribution in [0.2, 0.25) is 0 Å². The molecule has 122 valence electrons. The first-order valence-electron chi connectivity index (χ1n) is 7.99. The molecule has 2 N–H and O–H groups in total. The van der Waals surface area contributed by atoms with Gasteiger partial charge in [0.15, 0.2) is 0 Å². The molecule has 0 saturated carbocycles. The van der Waals surface area contributed by atoms with Gasteiger partial charge in [0.2, 0.25) is 5.56 Å². The van der Waals surface area contributed by atoms with Gasteiger partial charge in [-0.2, -0.15) is 0 Å². The summed E-state index contributed by atoms with van der Waals surface area (Å²) in [7, 11) is 0. The van der Waals surface area contributed by atoms with Crippen LogP contribution >= 0.6 is 0 Å². The van der Waals surface area contributed by atoms with E-state index in [0.717, 1.165) is 22.0 Å². The number of pyridine rings is 1. The third-order valence-electron chi connectivity index (χ3n) is 4.04. The average Bonchev–Trinajstić information content (AvgIpc) is 2.53. The molecule has 0 radical (unpaired) electrons. The smallest absolute Gasteiger partial charge is 0.255 e. The molecule has 0 aliphatic rings. The third kappa shape index (κ3) is 3.23. The van der Waals surface area contributed by atoms with Crippen molar-refractivity contribution in [2.45, 2.75) is 26.7 Å². The molecule has 0 bridgehead atoms. The Morgan fingerprint density at radius 3 is 2.58 bits per heavy atom. The molecule has 4 nitrogen and oxygen atoms in total. The van der Waals surface area contributed by atoms with E-state index >= 15 is 0 Å². The van der Waals surface area contributed by atoms with Crippen molar-refractivity contribution < 1.29 is 4.79 Å². The van der Waals surface area contributed by atoms with Gasteiger partial charge in [-0.05, 0) is 42.7 Å². The van der Waals surface area contributed by atoms with E-state index in [1.165, 1.54) is 0 Å². The van der Waals surface area contributed by atoms with Gasteiger partial charge in [-0.1, -0.05) is 37.6 Å². The third-order valence-corrected chi connectivity index (χ3v) is 4.04. The van der Waals surface area contributed by atoms with E-state index in [9.17, 15) is 9.59 Å². The molecule has 2 aromatic carbocycles. The molecule has 0 saturated heterocycles. The number of anilines is 1. The van der Waals surface area contributed by atoms with Crippen molar-refractivity contribution >= 4 is 22.5 Å². The monoisotopic (exact) mass is 320 g/mol. The Morgan fingerprint density at radius 2 is 1.88 bits per heavy atom. The molecule has 0 unspecified atom stereocenters. The number of aryl methyl sites for hydroxylation is 1. The molecule has 0 fully saturated rings. The lowest BCUT2D eigenvalue weighted by molar-refractivity contribution is 0.102. The molecule has 3 aromatic rings. The summed E-state index contributed by atoms with van der Waals surface area (Å²) in [5.41, 5.74) is 3.91. The maximum Gasteiger partial charge on any atom is 0.255 e. The van der Waals surface area contributed by atoms with Crippen molar-refractivity contribution in [2.75, 3.05) is 5.32 Å². The van der Waals surface area contributed by atoms with Crippen LogP contribution in [0, 0.1) is 6.92 Å². The summed E-state index contributed by atoms with van der Waals surface area (Å²) in [5, 5.41) is 3.88. The van der Waals surface area contributed by atoms with E-state index in [4.69, 9.17) is 0 Å². The van der Waals surface area contributed by atoms with Crippen LogP contribution < -0.4 is 10.9 Å². The lowest BCUT2D eigenvalue weighted by Gasteiger charge is -2.11. The maximum absolute atomic E-state index is 12.4. The van der Waals surface area contributed by atoms with E-state index in [1.807, 2.05) is 37.3 Å². The molecular weight excluding hydrogens is 300 g/mol. The quantitative estimate of drug-likeness (QED) is 0.759. The first-order chi connectivity index (χ1) is 11.4. The van der Waals surface area contributed by atoms with Crippen molar-refractivity contribution in [1.29, 1.82) is 0 Å². The number of aromatic amines is 1. The molecule has 4 heteroatoms. The number of fused-ring (bicyclic) bond motifs is 1. The van der Waals surface area contributed by atoms with E-state index in [-0.39, 0.29) is 17.4 Å². The zero-order chi connectivity index (χ0) is 17.3. The van der Waals surface area contributed by atoms with Crippen LogP contribution in [0.1, 0.15) is 41.3 Å². The highest BCUT2D eigenvalue weighted by atomic mass is 16.1. The topological polar surface area (TPSA) is 62.0 Å². The van der Waals surface area contributed by atoms with Crippen molar-refractivity contribution in [1.82, 2.24) is 4.98 Å². The van der Waals surface area contributed by atoms with Crippen LogP contribution in [0.3, 0.4) is 0 Å². The second-order valence-corrected chi connectivity index (χ2v) is 6.33. The molecule has 0 spiro atoms. The molecule has 1 amide bonds. The standard InChI is InChI=1S/C20H20N2O2/c1-12(2)17-11-19(23)22-18-10-15(7-8-16(17)18)21-20(24)14-6-4-5-13(3)9-14/h4-12H,1-3H3,(H,21,24)(H,22,23). The molecule has 3 rings (SSSR count). The zero-order valence-corrected chi connectivity index (χ0v) is 14.0. The van der Waals surface area contributed by atoms with Gasteiger partial charge in [0.1, 0.15) is 0 Å². The highest BCUT2D eigenvalue weighted by Gasteiger charge is 2.10. The summed E-state index contributed by atoms with van der Waals surface area (Å²) in [5.74, 6) is 0.0861. The Labute approximate surface area is 140 Å². The Balaban J connectivity index is 1.96. The number of amides is 1. The molecule has 1 heterocycles.